The summed E-state index contributed by atoms with van der Waals surface area (Å²) in [6.45, 7) is 5.07. The molecule has 5 heteroatoms. The quantitative estimate of drug-likeness (QED) is 0.772. The van der Waals surface area contributed by atoms with Crippen LogP contribution in [0, 0.1) is 0 Å². The van der Waals surface area contributed by atoms with E-state index in [1.54, 1.807) is 0 Å². The molecule has 0 amide bonds. The molecular formula is C19H27N3O2. The highest BCUT2D eigenvalue weighted by Crippen LogP contribution is 2.25. The maximum absolute atomic E-state index is 5.68. The molecule has 2 aromatic rings. The van der Waals surface area contributed by atoms with Crippen LogP contribution in [0.1, 0.15) is 25.7 Å². The number of hydrogen-bond donors (Lipinski definition) is 2. The van der Waals surface area contributed by atoms with E-state index in [0.29, 0.717) is 0 Å². The lowest BCUT2D eigenvalue weighted by atomic mass is 10.1. The summed E-state index contributed by atoms with van der Waals surface area (Å²) in [7, 11) is 0. The molecule has 1 aromatic heterocycles. The van der Waals surface area contributed by atoms with Crippen LogP contribution in [-0.4, -0.2) is 44.5 Å². The summed E-state index contributed by atoms with van der Waals surface area (Å²) in [5, 5.41) is 8.15. The molecule has 2 N–H and O–H groups in total. The summed E-state index contributed by atoms with van der Waals surface area (Å²) < 4.78 is 11.3. The second-order valence-electron chi connectivity index (χ2n) is 6.08. The highest BCUT2D eigenvalue weighted by molar-refractivity contribution is 5.93. The number of nitrogens with one attached hydrogen (secondary N) is 2. The van der Waals surface area contributed by atoms with E-state index in [2.05, 4.69) is 33.8 Å². The molecule has 0 saturated heterocycles. The third-order valence-electron chi connectivity index (χ3n) is 4.14. The molecule has 0 radical (unpaired) electrons. The third-order valence-corrected chi connectivity index (χ3v) is 4.14. The number of fused-ring (bicyclic) bond motifs is 1. The zero-order valence-electron chi connectivity index (χ0n) is 14.2. The van der Waals surface area contributed by atoms with E-state index in [9.17, 15) is 0 Å². The summed E-state index contributed by atoms with van der Waals surface area (Å²) >= 11 is 0. The van der Waals surface area contributed by atoms with Gasteiger partial charge in [-0.25, -0.2) is 0 Å². The van der Waals surface area contributed by atoms with Crippen molar-refractivity contribution in [2.24, 2.45) is 0 Å². The number of ether oxygens (including phenoxy) is 2. The fourth-order valence-electron chi connectivity index (χ4n) is 2.83. The molecule has 1 aromatic carbocycles. The van der Waals surface area contributed by atoms with E-state index in [4.69, 9.17) is 9.47 Å². The average Bonchev–Trinajstić information content (AvgIpc) is 2.61. The van der Waals surface area contributed by atoms with Gasteiger partial charge in [0.05, 0.1) is 5.52 Å². The van der Waals surface area contributed by atoms with Gasteiger partial charge in [-0.15, -0.1) is 0 Å². The minimum Gasteiger partial charge on any atom is -0.385 e. The van der Waals surface area contributed by atoms with Gasteiger partial charge in [0.15, 0.2) is 0 Å². The Morgan fingerprint density at radius 3 is 2.29 bits per heavy atom. The van der Waals surface area contributed by atoms with E-state index in [1.165, 1.54) is 0 Å². The van der Waals surface area contributed by atoms with Crippen LogP contribution >= 0.6 is 0 Å². The van der Waals surface area contributed by atoms with Crippen LogP contribution in [0.25, 0.3) is 10.9 Å². The molecule has 2 bridgehead atoms. The Kier molecular flexibility index (Phi) is 6.69. The zero-order valence-corrected chi connectivity index (χ0v) is 14.2. The zero-order chi connectivity index (χ0) is 16.5. The van der Waals surface area contributed by atoms with Crippen LogP contribution in [0.15, 0.2) is 30.5 Å². The third kappa shape index (κ3) is 5.08. The van der Waals surface area contributed by atoms with Crippen LogP contribution in [0.3, 0.4) is 0 Å². The number of benzene rings is 1. The largest absolute Gasteiger partial charge is 0.385 e. The van der Waals surface area contributed by atoms with Crippen LogP contribution in [0.5, 0.6) is 0 Å². The highest BCUT2D eigenvalue weighted by atomic mass is 16.5. The van der Waals surface area contributed by atoms with Crippen molar-refractivity contribution in [2.45, 2.75) is 25.7 Å². The molecule has 0 saturated carbocycles. The molecule has 130 valence electrons. The van der Waals surface area contributed by atoms with Gasteiger partial charge in [-0.05, 0) is 49.9 Å². The summed E-state index contributed by atoms with van der Waals surface area (Å²) in [5.74, 6) is 0. The van der Waals surface area contributed by atoms with Crippen LogP contribution < -0.4 is 10.6 Å². The molecule has 2 heterocycles. The van der Waals surface area contributed by atoms with Gasteiger partial charge in [-0.3, -0.25) is 4.98 Å². The fraction of sp³-hybridized carbons (Fsp3) is 0.526. The van der Waals surface area contributed by atoms with Crippen molar-refractivity contribution in [2.75, 3.05) is 50.2 Å². The molecule has 0 fully saturated rings. The maximum atomic E-state index is 5.68. The molecule has 24 heavy (non-hydrogen) atoms. The smallest absolute Gasteiger partial charge is 0.0724 e. The molecule has 1 aliphatic heterocycles. The Bertz CT molecular complexity index is 633. The van der Waals surface area contributed by atoms with Gasteiger partial charge in [-0.2, -0.15) is 0 Å². The molecular weight excluding hydrogens is 302 g/mol. The molecule has 0 aliphatic carbocycles. The molecule has 0 atom stereocenters. The molecule has 5 nitrogen and oxygen atoms in total. The predicted octanol–water partition coefficient (Wildman–Crippen LogP) is 3.67. The van der Waals surface area contributed by atoms with Crippen molar-refractivity contribution < 1.29 is 9.47 Å². The normalized spacial score (nSPS) is 18.3. The van der Waals surface area contributed by atoms with Crippen LogP contribution in [0.4, 0.5) is 11.4 Å². The van der Waals surface area contributed by atoms with E-state index >= 15 is 0 Å². The van der Waals surface area contributed by atoms with Crippen molar-refractivity contribution in [3.63, 3.8) is 0 Å². The molecule has 0 spiro atoms. The lowest BCUT2D eigenvalue weighted by Crippen LogP contribution is -2.09. The van der Waals surface area contributed by atoms with E-state index < -0.39 is 0 Å². The number of anilines is 2. The minimum atomic E-state index is 0.795. The van der Waals surface area contributed by atoms with Gasteiger partial charge in [0.2, 0.25) is 0 Å². The van der Waals surface area contributed by atoms with Gasteiger partial charge in [0.1, 0.15) is 0 Å². The summed E-state index contributed by atoms with van der Waals surface area (Å²) in [6.07, 6.45) is 6.01. The molecule has 3 rings (SSSR count). The first kappa shape index (κ1) is 17.0. The summed E-state index contributed by atoms with van der Waals surface area (Å²) in [6, 6.07) is 8.37. The SMILES string of the molecule is c1cc2c3cc(ccc3n1)NCCCOCCCCOCCCN2. The second-order valence-corrected chi connectivity index (χ2v) is 6.08. The van der Waals surface area contributed by atoms with Crippen molar-refractivity contribution in [3.05, 3.63) is 30.5 Å². The number of aromatic nitrogens is 1. The van der Waals surface area contributed by atoms with E-state index in [0.717, 1.165) is 87.5 Å². The Balaban J connectivity index is 1.69. The second kappa shape index (κ2) is 9.45. The Labute approximate surface area is 143 Å². The van der Waals surface area contributed by atoms with Gasteiger partial charge >= 0.3 is 0 Å². The number of rotatable bonds is 0. The van der Waals surface area contributed by atoms with Crippen LogP contribution in [-0.2, 0) is 9.47 Å². The van der Waals surface area contributed by atoms with Gasteiger partial charge in [0, 0.05) is 62.5 Å². The molecule has 1 aliphatic rings. The lowest BCUT2D eigenvalue weighted by molar-refractivity contribution is 0.102. The van der Waals surface area contributed by atoms with Crippen molar-refractivity contribution >= 4 is 22.3 Å². The van der Waals surface area contributed by atoms with Crippen molar-refractivity contribution in [1.29, 1.82) is 0 Å². The predicted molar refractivity (Wildman–Crippen MR) is 98.8 cm³/mol. The first-order valence-corrected chi connectivity index (χ1v) is 8.95. The monoisotopic (exact) mass is 329 g/mol. The van der Waals surface area contributed by atoms with Gasteiger partial charge in [0.25, 0.3) is 0 Å². The maximum Gasteiger partial charge on any atom is 0.0724 e. The van der Waals surface area contributed by atoms with Crippen molar-refractivity contribution in [3.8, 4) is 0 Å². The number of nitrogens with zero attached hydrogens (tertiary/aromatic N) is 1. The number of pyridine rings is 1. The topological polar surface area (TPSA) is 55.4 Å². The summed E-state index contributed by atoms with van der Waals surface area (Å²) in [5.41, 5.74) is 3.27. The molecule has 0 unspecified atom stereocenters. The van der Waals surface area contributed by atoms with Gasteiger partial charge < -0.3 is 20.1 Å². The Morgan fingerprint density at radius 2 is 1.50 bits per heavy atom. The fourth-order valence-corrected chi connectivity index (χ4v) is 2.83. The lowest BCUT2D eigenvalue weighted by Gasteiger charge is -2.13. The van der Waals surface area contributed by atoms with E-state index in [-0.39, 0.29) is 0 Å². The first-order valence-electron chi connectivity index (χ1n) is 8.95. The Morgan fingerprint density at radius 1 is 0.792 bits per heavy atom. The Hall–Kier alpha value is -1.85. The van der Waals surface area contributed by atoms with Crippen molar-refractivity contribution in [1.82, 2.24) is 4.98 Å². The average molecular weight is 329 g/mol. The standard InChI is InChI=1S/C19H27N3O2/c1-2-12-24-14-4-9-21-19-7-10-22-18-6-5-16(15-17(18)19)20-8-3-13-23-11-1/h5-7,10,15,20-21H,1-4,8-9,11-14H2. The first-order chi connectivity index (χ1) is 11.9. The van der Waals surface area contributed by atoms with Crippen LogP contribution in [0.2, 0.25) is 0 Å². The highest BCUT2D eigenvalue weighted by Gasteiger charge is 2.04. The minimum absolute atomic E-state index is 0.795. The van der Waals surface area contributed by atoms with E-state index in [1.807, 2.05) is 12.3 Å². The summed E-state index contributed by atoms with van der Waals surface area (Å²) in [4.78, 5) is 4.46. The van der Waals surface area contributed by atoms with Gasteiger partial charge in [-0.1, -0.05) is 0 Å². The number of hydrogen-bond acceptors (Lipinski definition) is 5.